The van der Waals surface area contributed by atoms with Gasteiger partial charge in [0, 0.05) is 70.6 Å². The number of ketones is 1. The van der Waals surface area contributed by atoms with Gasteiger partial charge in [0.1, 0.15) is 28.3 Å². The molecule has 53 heavy (non-hydrogen) atoms. The van der Waals surface area contributed by atoms with E-state index in [0.29, 0.717) is 5.92 Å². The van der Waals surface area contributed by atoms with Crippen LogP contribution in [0, 0.1) is 29.7 Å². The Morgan fingerprint density at radius 3 is 2.04 bits per heavy atom. The van der Waals surface area contributed by atoms with Gasteiger partial charge in [-0.3, -0.25) is 9.78 Å². The minimum Gasteiger partial charge on any atom is -0.512 e. The molecular weight excluding hydrogens is 835 g/mol. The number of rotatable bonds is 10. The van der Waals surface area contributed by atoms with Gasteiger partial charge in [-0.1, -0.05) is 105 Å². The number of aliphatic hydroxyl groups excluding tert-OH is 1. The van der Waals surface area contributed by atoms with Crippen LogP contribution in [0.2, 0.25) is 0 Å². The zero-order valence-corrected chi connectivity index (χ0v) is 36.2. The van der Waals surface area contributed by atoms with Gasteiger partial charge in [0.2, 0.25) is 0 Å². The predicted octanol–water partition coefficient (Wildman–Crippen LogP) is 13.8. The first-order chi connectivity index (χ1) is 24.5. The molecule has 0 bridgehead atoms. The van der Waals surface area contributed by atoms with Gasteiger partial charge in [-0.15, -0.1) is 29.1 Å². The van der Waals surface area contributed by atoms with Crippen molar-refractivity contribution in [3.05, 3.63) is 89.5 Å². The Balaban J connectivity index is 0.000000299. The number of furan rings is 2. The van der Waals surface area contributed by atoms with Gasteiger partial charge in [0.25, 0.3) is 0 Å². The third-order valence-corrected chi connectivity index (χ3v) is 11.6. The smallest absolute Gasteiger partial charge is 0.164 e. The summed E-state index contributed by atoms with van der Waals surface area (Å²) in [6.07, 6.45) is 7.61. The Hall–Kier alpha value is -3.73. The number of pyridine rings is 1. The summed E-state index contributed by atoms with van der Waals surface area (Å²) in [6.45, 7) is 25.4. The molecule has 0 aliphatic carbocycles. The number of aryl methyl sites for hydroxylation is 1. The second-order valence-corrected chi connectivity index (χ2v) is 16.5. The molecule has 0 aliphatic rings. The van der Waals surface area contributed by atoms with Crippen molar-refractivity contribution in [2.75, 3.05) is 0 Å². The zero-order chi connectivity index (χ0) is 38.2. The number of benzene rings is 3. The Morgan fingerprint density at radius 2 is 1.43 bits per heavy atom. The average Bonchev–Trinajstić information content (AvgIpc) is 3.64. The Morgan fingerprint density at radius 1 is 0.830 bits per heavy atom. The molecule has 6 aromatic rings. The maximum Gasteiger partial charge on any atom is 0.164 e. The van der Waals surface area contributed by atoms with Gasteiger partial charge in [0.15, 0.2) is 5.78 Å². The molecule has 5 nitrogen and oxygen atoms in total. The number of hydrogen-bond donors (Lipinski definition) is 1. The first-order valence-corrected chi connectivity index (χ1v) is 19.1. The van der Waals surface area contributed by atoms with Crippen LogP contribution in [0.1, 0.15) is 119 Å². The van der Waals surface area contributed by atoms with Gasteiger partial charge in [-0.2, -0.15) is 0 Å². The molecular formula is C47H58IrNO4-. The second-order valence-electron chi connectivity index (χ2n) is 16.5. The quantitative estimate of drug-likeness (QED) is 0.0842. The first-order valence-electron chi connectivity index (χ1n) is 19.1. The molecule has 0 saturated carbocycles. The summed E-state index contributed by atoms with van der Waals surface area (Å²) in [5.41, 5.74) is 6.29. The molecule has 6 heteroatoms. The largest absolute Gasteiger partial charge is 0.512 e. The standard InChI is InChI=1S/C32H30NO2.C15H28O2.Ir/c1-18(2)13-24-19(3)34-28-16-25-23-11-12-33-30(31(23)35-29(25)17-26(24)28)21-14-20-9-7-8-10-22(20)27(15-21)32(4,5)6;1-7-14(5,8-2)12(16)11-13(17)15(6,9-3)10-4;/h7-12,15-18H,13H2,1-6H3;11,16H,7-10H2,1-6H3;/q-1;;/b;12-11-;. The fourth-order valence-electron chi connectivity index (χ4n) is 6.98. The Labute approximate surface area is 330 Å². The van der Waals surface area contributed by atoms with E-state index in [1.54, 1.807) is 0 Å². The van der Waals surface area contributed by atoms with Crippen molar-refractivity contribution in [1.82, 2.24) is 4.98 Å². The predicted molar refractivity (Wildman–Crippen MR) is 218 cm³/mol. The average molecular weight is 893 g/mol. The molecule has 0 saturated heterocycles. The summed E-state index contributed by atoms with van der Waals surface area (Å²) in [6, 6.07) is 20.6. The SMILES string of the molecule is CCC(C)(CC)C(=O)/C=C(\O)C(C)(CC)CC.Cc1oc2cc3c(cc2c1CC(C)C)oc1c(-c2[c-]c4ccccc4c(C(C)(C)C)c2)nccc13.[Ir]. The van der Waals surface area contributed by atoms with Crippen LogP contribution in [0.15, 0.2) is 75.4 Å². The van der Waals surface area contributed by atoms with Crippen molar-refractivity contribution in [2.24, 2.45) is 16.7 Å². The number of aromatic nitrogens is 1. The monoisotopic (exact) mass is 893 g/mol. The number of carbonyl (C=O) groups excluding carboxylic acids is 1. The maximum atomic E-state index is 12.2. The molecule has 0 atom stereocenters. The van der Waals surface area contributed by atoms with E-state index >= 15 is 0 Å². The van der Waals surface area contributed by atoms with Gasteiger partial charge >= 0.3 is 0 Å². The molecule has 0 amide bonds. The minimum atomic E-state index is -0.337. The van der Waals surface area contributed by atoms with Crippen molar-refractivity contribution in [3.63, 3.8) is 0 Å². The summed E-state index contributed by atoms with van der Waals surface area (Å²) >= 11 is 0. The third-order valence-electron chi connectivity index (χ3n) is 11.6. The Kier molecular flexibility index (Phi) is 12.9. The molecule has 3 aromatic heterocycles. The molecule has 6 rings (SSSR count). The van der Waals surface area contributed by atoms with Crippen molar-refractivity contribution < 1.29 is 38.8 Å². The molecule has 3 heterocycles. The minimum absolute atomic E-state index is 0. The maximum absolute atomic E-state index is 12.2. The third kappa shape index (κ3) is 8.35. The van der Waals surface area contributed by atoms with Crippen LogP contribution >= 0.6 is 0 Å². The topological polar surface area (TPSA) is 76.5 Å². The zero-order valence-electron chi connectivity index (χ0n) is 33.8. The van der Waals surface area contributed by atoms with E-state index in [0.717, 1.165) is 87.4 Å². The normalized spacial score (nSPS) is 12.8. The van der Waals surface area contributed by atoms with E-state index in [1.165, 1.54) is 22.6 Å². The van der Waals surface area contributed by atoms with Crippen molar-refractivity contribution in [3.8, 4) is 11.3 Å². The van der Waals surface area contributed by atoms with E-state index in [2.05, 4.69) is 90.1 Å². The number of aliphatic hydroxyl groups is 1. The van der Waals surface area contributed by atoms with E-state index in [-0.39, 0.29) is 47.9 Å². The van der Waals surface area contributed by atoms with Crippen LogP contribution in [0.25, 0.3) is 54.9 Å². The Bertz CT molecular complexity index is 2250. The number of fused-ring (bicyclic) bond motifs is 5. The van der Waals surface area contributed by atoms with E-state index in [1.807, 2.05) is 53.8 Å². The molecule has 285 valence electrons. The van der Waals surface area contributed by atoms with E-state index < -0.39 is 0 Å². The molecule has 3 aromatic carbocycles. The van der Waals surface area contributed by atoms with Crippen molar-refractivity contribution >= 4 is 49.5 Å². The van der Waals surface area contributed by atoms with Gasteiger partial charge in [-0.05, 0) is 68.6 Å². The summed E-state index contributed by atoms with van der Waals surface area (Å²) < 4.78 is 12.7. The molecule has 0 spiro atoms. The fourth-order valence-corrected chi connectivity index (χ4v) is 6.98. The van der Waals surface area contributed by atoms with E-state index in [9.17, 15) is 9.90 Å². The fraction of sp³-hybridized carbons (Fsp3) is 0.447. The molecule has 0 aliphatic heterocycles. The van der Waals surface area contributed by atoms with Crippen molar-refractivity contribution in [2.45, 2.75) is 121 Å². The molecule has 1 N–H and O–H groups in total. The molecule has 0 unspecified atom stereocenters. The number of allylic oxidation sites excluding steroid dienone is 2. The van der Waals surface area contributed by atoms with Crippen LogP contribution in [0.3, 0.4) is 0 Å². The molecule has 1 radical (unpaired) electrons. The first kappa shape index (κ1) is 42.0. The van der Waals surface area contributed by atoms with Crippen LogP contribution < -0.4 is 0 Å². The van der Waals surface area contributed by atoms with Gasteiger partial charge < -0.3 is 13.9 Å². The number of carbonyl (C=O) groups is 1. The number of nitrogens with zero attached hydrogens (tertiary/aromatic N) is 1. The summed E-state index contributed by atoms with van der Waals surface area (Å²) in [4.78, 5) is 17.0. The van der Waals surface area contributed by atoms with Gasteiger partial charge in [-0.25, -0.2) is 0 Å². The summed E-state index contributed by atoms with van der Waals surface area (Å²) in [5, 5.41) is 15.7. The van der Waals surface area contributed by atoms with Crippen LogP contribution in [0.4, 0.5) is 0 Å². The van der Waals surface area contributed by atoms with E-state index in [4.69, 9.17) is 13.8 Å². The van der Waals surface area contributed by atoms with Crippen LogP contribution in [0.5, 0.6) is 0 Å². The summed E-state index contributed by atoms with van der Waals surface area (Å²) in [7, 11) is 0. The van der Waals surface area contributed by atoms with Crippen LogP contribution in [-0.2, 0) is 36.7 Å². The van der Waals surface area contributed by atoms with Crippen LogP contribution in [-0.4, -0.2) is 15.9 Å². The van der Waals surface area contributed by atoms with Crippen molar-refractivity contribution in [1.29, 1.82) is 0 Å². The number of hydrogen-bond acceptors (Lipinski definition) is 5. The molecule has 0 fully saturated rings. The summed E-state index contributed by atoms with van der Waals surface area (Å²) in [5.74, 6) is 1.83. The van der Waals surface area contributed by atoms with Gasteiger partial charge in [0.05, 0.1) is 0 Å². The second kappa shape index (κ2) is 16.3.